The van der Waals surface area contributed by atoms with Gasteiger partial charge < -0.3 is 5.32 Å². The Morgan fingerprint density at radius 1 is 1.59 bits per heavy atom. The van der Waals surface area contributed by atoms with Crippen molar-refractivity contribution in [3.05, 3.63) is 23.6 Å². The van der Waals surface area contributed by atoms with E-state index in [4.69, 9.17) is 11.6 Å². The van der Waals surface area contributed by atoms with Crippen molar-refractivity contribution in [2.24, 2.45) is 0 Å². The van der Waals surface area contributed by atoms with Gasteiger partial charge in [-0.2, -0.15) is 18.3 Å². The quantitative estimate of drug-likeness (QED) is 0.678. The number of halogens is 5. The first-order valence-electron chi connectivity index (χ1n) is 4.14. The summed E-state index contributed by atoms with van der Waals surface area (Å²) in [7, 11) is 0. The minimum atomic E-state index is -4.47. The molecule has 0 fully saturated rings. The Labute approximate surface area is 97.9 Å². The molecule has 0 aliphatic carbocycles. The second-order valence-corrected chi connectivity index (χ2v) is 3.40. The van der Waals surface area contributed by atoms with Crippen LogP contribution in [0.25, 0.3) is 0 Å². The molecule has 1 N–H and O–H groups in total. The van der Waals surface area contributed by atoms with Gasteiger partial charge in [-0.1, -0.05) is 18.2 Å². The Morgan fingerprint density at radius 3 is 2.65 bits per heavy atom. The normalized spacial score (nSPS) is 11.4. The van der Waals surface area contributed by atoms with Crippen molar-refractivity contribution in [2.45, 2.75) is 12.7 Å². The van der Waals surface area contributed by atoms with Crippen molar-refractivity contribution >= 4 is 23.3 Å². The second kappa shape index (κ2) is 4.74. The molecular weight excluding hydrogens is 266 g/mol. The first kappa shape index (κ1) is 13.5. The lowest BCUT2D eigenvalue weighted by Gasteiger charge is -2.05. The maximum Gasteiger partial charge on any atom is 0.408 e. The highest BCUT2D eigenvalue weighted by molar-refractivity contribution is 6.33. The van der Waals surface area contributed by atoms with Gasteiger partial charge in [-0.3, -0.25) is 9.48 Å². The molecule has 0 aromatic carbocycles. The van der Waals surface area contributed by atoms with Crippen LogP contribution in [-0.4, -0.2) is 21.9 Å². The Kier molecular flexibility index (Phi) is 3.76. The summed E-state index contributed by atoms with van der Waals surface area (Å²) in [4.78, 5) is 10.8. The van der Waals surface area contributed by atoms with Crippen LogP contribution in [-0.2, 0) is 11.3 Å². The molecule has 0 radical (unpaired) electrons. The average molecular weight is 272 g/mol. The average Bonchev–Trinajstić information content (AvgIpc) is 2.43. The van der Waals surface area contributed by atoms with Crippen LogP contribution in [0.3, 0.4) is 0 Å². The molecule has 0 saturated heterocycles. The molecule has 94 valence electrons. The molecule has 0 saturated carbocycles. The van der Waals surface area contributed by atoms with Gasteiger partial charge in [0.05, 0.1) is 0 Å². The number of amides is 1. The standard InChI is InChI=1S/C8H6ClF4N3O/c1-4(10)7(17)14-6-5(9)2-16(15-6)3-8(11,12)13/h2H,1,3H2,(H,14,15,17). The number of carbonyl (C=O) groups excluding carboxylic acids is 1. The van der Waals surface area contributed by atoms with Crippen LogP contribution in [0.4, 0.5) is 23.4 Å². The highest BCUT2D eigenvalue weighted by Gasteiger charge is 2.29. The molecule has 1 aromatic rings. The third-order valence-corrected chi connectivity index (χ3v) is 1.81. The Bertz CT molecular complexity index is 454. The second-order valence-electron chi connectivity index (χ2n) is 3.00. The zero-order valence-corrected chi connectivity index (χ0v) is 8.94. The highest BCUT2D eigenvalue weighted by Crippen LogP contribution is 2.23. The number of carbonyl (C=O) groups is 1. The fourth-order valence-electron chi connectivity index (χ4n) is 0.922. The zero-order valence-electron chi connectivity index (χ0n) is 8.18. The van der Waals surface area contributed by atoms with Gasteiger partial charge in [0.1, 0.15) is 11.6 Å². The van der Waals surface area contributed by atoms with Gasteiger partial charge in [0, 0.05) is 6.20 Å². The minimum absolute atomic E-state index is 0.233. The van der Waals surface area contributed by atoms with Crippen molar-refractivity contribution in [2.75, 3.05) is 5.32 Å². The van der Waals surface area contributed by atoms with E-state index in [1.54, 1.807) is 0 Å². The van der Waals surface area contributed by atoms with Gasteiger partial charge in [-0.15, -0.1) is 0 Å². The maximum absolute atomic E-state index is 12.3. The number of anilines is 1. The first-order chi connectivity index (χ1) is 7.69. The van der Waals surface area contributed by atoms with E-state index in [-0.39, 0.29) is 10.8 Å². The van der Waals surface area contributed by atoms with Crippen molar-refractivity contribution < 1.29 is 22.4 Å². The summed E-state index contributed by atoms with van der Waals surface area (Å²) in [6.45, 7) is 1.35. The molecule has 0 bridgehead atoms. The summed E-state index contributed by atoms with van der Waals surface area (Å²) in [6, 6.07) is 0. The van der Waals surface area contributed by atoms with Gasteiger partial charge in [0.15, 0.2) is 11.6 Å². The summed E-state index contributed by atoms with van der Waals surface area (Å²) in [5, 5.41) is 4.98. The van der Waals surface area contributed by atoms with Gasteiger partial charge >= 0.3 is 6.18 Å². The summed E-state index contributed by atoms with van der Waals surface area (Å²) in [5.74, 6) is -2.88. The lowest BCUT2D eigenvalue weighted by Crippen LogP contribution is -2.18. The smallest absolute Gasteiger partial charge is 0.302 e. The van der Waals surface area contributed by atoms with Gasteiger partial charge in [-0.25, -0.2) is 4.39 Å². The largest absolute Gasteiger partial charge is 0.408 e. The molecular formula is C8H6ClF4N3O. The van der Waals surface area contributed by atoms with Crippen LogP contribution in [0.1, 0.15) is 0 Å². The predicted octanol–water partition coefficient (Wildman–Crippen LogP) is 2.52. The lowest BCUT2D eigenvalue weighted by atomic mass is 10.5. The van der Waals surface area contributed by atoms with Crippen LogP contribution in [0.2, 0.25) is 5.02 Å². The van der Waals surface area contributed by atoms with Gasteiger partial charge in [-0.05, 0) is 0 Å². The summed E-state index contributed by atoms with van der Waals surface area (Å²) in [5.41, 5.74) is 0. The van der Waals surface area contributed by atoms with Gasteiger partial charge in [0.25, 0.3) is 5.91 Å². The number of alkyl halides is 3. The molecule has 1 aromatic heterocycles. The summed E-state index contributed by atoms with van der Waals surface area (Å²) < 4.78 is 48.8. The van der Waals surface area contributed by atoms with Crippen LogP contribution >= 0.6 is 11.6 Å². The SMILES string of the molecule is C=C(F)C(=O)Nc1nn(CC(F)(F)F)cc1Cl. The number of hydrogen-bond donors (Lipinski definition) is 1. The van der Waals surface area contributed by atoms with E-state index in [1.807, 2.05) is 5.32 Å². The predicted molar refractivity (Wildman–Crippen MR) is 52.2 cm³/mol. The van der Waals surface area contributed by atoms with Crippen molar-refractivity contribution in [3.8, 4) is 0 Å². The zero-order chi connectivity index (χ0) is 13.2. The monoisotopic (exact) mass is 271 g/mol. The molecule has 1 rings (SSSR count). The van der Waals surface area contributed by atoms with E-state index in [2.05, 4.69) is 11.7 Å². The van der Waals surface area contributed by atoms with Gasteiger partial charge in [0.2, 0.25) is 0 Å². The fourth-order valence-corrected chi connectivity index (χ4v) is 1.12. The number of nitrogens with one attached hydrogen (secondary N) is 1. The molecule has 0 unspecified atom stereocenters. The molecule has 1 heterocycles. The highest BCUT2D eigenvalue weighted by atomic mass is 35.5. The van der Waals surface area contributed by atoms with Crippen LogP contribution < -0.4 is 5.32 Å². The minimum Gasteiger partial charge on any atom is -0.302 e. The lowest BCUT2D eigenvalue weighted by molar-refractivity contribution is -0.142. The molecule has 0 aliphatic heterocycles. The van der Waals surface area contributed by atoms with Crippen molar-refractivity contribution in [3.63, 3.8) is 0 Å². The number of nitrogens with zero attached hydrogens (tertiary/aromatic N) is 2. The Morgan fingerprint density at radius 2 is 2.18 bits per heavy atom. The van der Waals surface area contributed by atoms with E-state index in [1.165, 1.54) is 0 Å². The van der Waals surface area contributed by atoms with Crippen LogP contribution in [0.15, 0.2) is 18.6 Å². The Hall–Kier alpha value is -1.57. The van der Waals surface area contributed by atoms with E-state index in [9.17, 15) is 22.4 Å². The third-order valence-electron chi connectivity index (χ3n) is 1.54. The van der Waals surface area contributed by atoms with E-state index < -0.39 is 24.5 Å². The van der Waals surface area contributed by atoms with Crippen molar-refractivity contribution in [1.82, 2.24) is 9.78 Å². The first-order valence-corrected chi connectivity index (χ1v) is 4.52. The number of rotatable bonds is 3. The van der Waals surface area contributed by atoms with E-state index >= 15 is 0 Å². The maximum atomic E-state index is 12.3. The molecule has 0 spiro atoms. The van der Waals surface area contributed by atoms with Crippen LogP contribution in [0, 0.1) is 0 Å². The van der Waals surface area contributed by atoms with E-state index in [0.29, 0.717) is 4.68 Å². The molecule has 1 amide bonds. The number of aromatic nitrogens is 2. The topological polar surface area (TPSA) is 46.9 Å². The molecule has 17 heavy (non-hydrogen) atoms. The van der Waals surface area contributed by atoms with E-state index in [0.717, 1.165) is 6.20 Å². The Balaban J connectivity index is 2.82. The van der Waals surface area contributed by atoms with Crippen molar-refractivity contribution in [1.29, 1.82) is 0 Å². The molecule has 4 nitrogen and oxygen atoms in total. The fraction of sp³-hybridized carbons (Fsp3) is 0.250. The summed E-state index contributed by atoms with van der Waals surface area (Å²) >= 11 is 5.51. The number of hydrogen-bond acceptors (Lipinski definition) is 2. The molecule has 9 heteroatoms. The third kappa shape index (κ3) is 4.06. The molecule has 0 aliphatic rings. The summed E-state index contributed by atoms with van der Waals surface area (Å²) in [6.07, 6.45) is -3.61. The van der Waals surface area contributed by atoms with Crippen LogP contribution in [0.5, 0.6) is 0 Å². The molecule has 0 atom stereocenters.